The van der Waals surface area contributed by atoms with E-state index in [-0.39, 0.29) is 31.7 Å². The lowest BCUT2D eigenvalue weighted by molar-refractivity contribution is -0.147. The molecule has 1 rings (SSSR count). The third-order valence-electron chi connectivity index (χ3n) is 3.65. The van der Waals surface area contributed by atoms with Gasteiger partial charge in [0.15, 0.2) is 0 Å². The first-order valence-corrected chi connectivity index (χ1v) is 7.20. The summed E-state index contributed by atoms with van der Waals surface area (Å²) in [7, 11) is 2.39. The van der Waals surface area contributed by atoms with Crippen molar-refractivity contribution in [1.29, 1.82) is 0 Å². The van der Waals surface area contributed by atoms with E-state index in [1.807, 2.05) is 0 Å². The standard InChI is InChI=1S/C14H22N2O7/c1-8(17)16-7-9(18)6-11(16)13(20)15-10(14(21)23-3)4-5-12(19)22-2/h9-11,18H,4-7H2,1-3H3,(H,15,20)/t9-,10+,11+/m1/s1. The molecule has 0 aromatic rings. The smallest absolute Gasteiger partial charge is 0.328 e. The van der Waals surface area contributed by atoms with Gasteiger partial charge in [0, 0.05) is 26.3 Å². The second kappa shape index (κ2) is 8.47. The Morgan fingerprint density at radius 2 is 1.91 bits per heavy atom. The Morgan fingerprint density at radius 3 is 2.43 bits per heavy atom. The van der Waals surface area contributed by atoms with Crippen LogP contribution in [0.15, 0.2) is 0 Å². The van der Waals surface area contributed by atoms with Crippen molar-refractivity contribution in [1.82, 2.24) is 10.2 Å². The average Bonchev–Trinajstić information content (AvgIpc) is 2.92. The molecule has 0 unspecified atom stereocenters. The van der Waals surface area contributed by atoms with Crippen molar-refractivity contribution in [2.24, 2.45) is 0 Å². The molecule has 0 radical (unpaired) electrons. The molecule has 1 saturated heterocycles. The predicted molar refractivity (Wildman–Crippen MR) is 77.0 cm³/mol. The highest BCUT2D eigenvalue weighted by molar-refractivity contribution is 5.91. The van der Waals surface area contributed by atoms with Crippen molar-refractivity contribution in [3.05, 3.63) is 0 Å². The predicted octanol–water partition coefficient (Wildman–Crippen LogP) is -1.42. The zero-order valence-electron chi connectivity index (χ0n) is 13.4. The van der Waals surface area contributed by atoms with Crippen LogP contribution in [0.4, 0.5) is 0 Å². The van der Waals surface area contributed by atoms with Gasteiger partial charge in [-0.25, -0.2) is 4.79 Å². The molecule has 1 fully saturated rings. The summed E-state index contributed by atoms with van der Waals surface area (Å²) in [6, 6.07) is -1.88. The first-order valence-electron chi connectivity index (χ1n) is 7.20. The fraction of sp³-hybridized carbons (Fsp3) is 0.714. The number of esters is 2. The Balaban J connectivity index is 2.73. The number of rotatable bonds is 6. The van der Waals surface area contributed by atoms with E-state index in [4.69, 9.17) is 0 Å². The van der Waals surface area contributed by atoms with Crippen LogP contribution in [0.2, 0.25) is 0 Å². The highest BCUT2D eigenvalue weighted by Crippen LogP contribution is 2.18. The molecule has 1 aliphatic heterocycles. The molecule has 0 aliphatic carbocycles. The van der Waals surface area contributed by atoms with Crippen molar-refractivity contribution in [3.8, 4) is 0 Å². The summed E-state index contributed by atoms with van der Waals surface area (Å²) in [6.07, 6.45) is -0.752. The van der Waals surface area contributed by atoms with Gasteiger partial charge in [0.2, 0.25) is 11.8 Å². The van der Waals surface area contributed by atoms with Crippen molar-refractivity contribution >= 4 is 23.8 Å². The minimum Gasteiger partial charge on any atom is -0.469 e. The van der Waals surface area contributed by atoms with Crippen molar-refractivity contribution < 1.29 is 33.8 Å². The van der Waals surface area contributed by atoms with Gasteiger partial charge >= 0.3 is 11.9 Å². The number of carbonyl (C=O) groups excluding carboxylic acids is 4. The van der Waals surface area contributed by atoms with E-state index in [9.17, 15) is 24.3 Å². The molecule has 130 valence electrons. The molecule has 1 heterocycles. The molecule has 0 bridgehead atoms. The van der Waals surface area contributed by atoms with Crippen LogP contribution in [0.25, 0.3) is 0 Å². The van der Waals surface area contributed by atoms with Crippen LogP contribution in [0.3, 0.4) is 0 Å². The van der Waals surface area contributed by atoms with E-state index in [0.29, 0.717) is 0 Å². The molecule has 2 amide bonds. The van der Waals surface area contributed by atoms with Crippen molar-refractivity contribution in [3.63, 3.8) is 0 Å². The molecule has 0 spiro atoms. The first kappa shape index (κ1) is 18.9. The normalized spacial score (nSPS) is 21.5. The largest absolute Gasteiger partial charge is 0.469 e. The molecular formula is C14H22N2O7. The van der Waals surface area contributed by atoms with E-state index in [0.717, 1.165) is 0 Å². The summed E-state index contributed by atoms with van der Waals surface area (Å²) >= 11 is 0. The maximum absolute atomic E-state index is 12.3. The third-order valence-corrected chi connectivity index (χ3v) is 3.65. The van der Waals surface area contributed by atoms with E-state index < -0.39 is 36.0 Å². The lowest BCUT2D eigenvalue weighted by Gasteiger charge is -2.24. The summed E-state index contributed by atoms with van der Waals surface area (Å²) < 4.78 is 9.09. The Labute approximate surface area is 133 Å². The Bertz CT molecular complexity index is 480. The quantitative estimate of drug-likeness (QED) is 0.573. The molecule has 0 saturated carbocycles. The second-order valence-corrected chi connectivity index (χ2v) is 5.28. The lowest BCUT2D eigenvalue weighted by Crippen LogP contribution is -2.50. The van der Waals surface area contributed by atoms with Crippen LogP contribution in [-0.2, 0) is 28.7 Å². The van der Waals surface area contributed by atoms with E-state index in [2.05, 4.69) is 14.8 Å². The zero-order valence-corrected chi connectivity index (χ0v) is 13.4. The van der Waals surface area contributed by atoms with Gasteiger partial charge in [-0.1, -0.05) is 0 Å². The molecule has 1 aliphatic rings. The first-order chi connectivity index (χ1) is 10.8. The number of nitrogens with zero attached hydrogens (tertiary/aromatic N) is 1. The van der Waals surface area contributed by atoms with Gasteiger partial charge in [-0.2, -0.15) is 0 Å². The SMILES string of the molecule is COC(=O)CC[C@H](NC(=O)[C@@H]1C[C@@H](O)CN1C(C)=O)C(=O)OC. The summed E-state index contributed by atoms with van der Waals surface area (Å²) in [5.74, 6) is -2.13. The van der Waals surface area contributed by atoms with Crippen molar-refractivity contribution in [2.75, 3.05) is 20.8 Å². The van der Waals surface area contributed by atoms with Gasteiger partial charge in [-0.15, -0.1) is 0 Å². The van der Waals surface area contributed by atoms with Crippen LogP contribution in [0, 0.1) is 0 Å². The molecule has 0 aromatic carbocycles. The van der Waals surface area contributed by atoms with Gasteiger partial charge in [-0.3, -0.25) is 14.4 Å². The number of likely N-dealkylation sites (tertiary alicyclic amines) is 1. The number of β-amino-alcohol motifs (C(OH)–C–C–N with tert-alkyl or cyclic N) is 1. The number of carbonyl (C=O) groups is 4. The maximum atomic E-state index is 12.3. The number of hydrogen-bond donors (Lipinski definition) is 2. The summed E-state index contributed by atoms with van der Waals surface area (Å²) in [6.45, 7) is 1.37. The third kappa shape index (κ3) is 5.20. The average molecular weight is 330 g/mol. The minimum absolute atomic E-state index is 0.0143. The number of hydrogen-bond acceptors (Lipinski definition) is 7. The minimum atomic E-state index is -1.03. The Hall–Kier alpha value is -2.16. The van der Waals surface area contributed by atoms with Crippen LogP contribution >= 0.6 is 0 Å². The Morgan fingerprint density at radius 1 is 1.26 bits per heavy atom. The van der Waals surface area contributed by atoms with Gasteiger partial charge in [0.1, 0.15) is 12.1 Å². The number of nitrogens with one attached hydrogen (secondary N) is 1. The number of aliphatic hydroxyl groups excluding tert-OH is 1. The number of amides is 2. The van der Waals surface area contributed by atoms with Crippen LogP contribution < -0.4 is 5.32 Å². The number of methoxy groups -OCH3 is 2. The molecule has 23 heavy (non-hydrogen) atoms. The van der Waals surface area contributed by atoms with Gasteiger partial charge in [-0.05, 0) is 6.42 Å². The maximum Gasteiger partial charge on any atom is 0.328 e. The molecule has 0 aromatic heterocycles. The lowest BCUT2D eigenvalue weighted by atomic mass is 10.1. The van der Waals surface area contributed by atoms with Crippen molar-refractivity contribution in [2.45, 2.75) is 44.4 Å². The molecular weight excluding hydrogens is 308 g/mol. The fourth-order valence-electron chi connectivity index (χ4n) is 2.43. The number of aliphatic hydroxyl groups is 1. The summed E-state index contributed by atoms with van der Waals surface area (Å²) in [5, 5.41) is 12.1. The van der Waals surface area contributed by atoms with Gasteiger partial charge in [0.05, 0.1) is 20.3 Å². The molecule has 3 atom stereocenters. The van der Waals surface area contributed by atoms with E-state index >= 15 is 0 Å². The second-order valence-electron chi connectivity index (χ2n) is 5.28. The van der Waals surface area contributed by atoms with Gasteiger partial charge in [0.25, 0.3) is 0 Å². The Kier molecular flexibility index (Phi) is 6.95. The van der Waals surface area contributed by atoms with Crippen LogP contribution in [0.5, 0.6) is 0 Å². The summed E-state index contributed by atoms with van der Waals surface area (Å²) in [5.41, 5.74) is 0. The molecule has 9 heteroatoms. The van der Waals surface area contributed by atoms with Crippen LogP contribution in [-0.4, -0.2) is 72.7 Å². The number of ether oxygens (including phenoxy) is 2. The monoisotopic (exact) mass is 330 g/mol. The van der Waals surface area contributed by atoms with Crippen LogP contribution in [0.1, 0.15) is 26.2 Å². The summed E-state index contributed by atoms with van der Waals surface area (Å²) in [4.78, 5) is 48.0. The molecule has 9 nitrogen and oxygen atoms in total. The highest BCUT2D eigenvalue weighted by atomic mass is 16.5. The topological polar surface area (TPSA) is 122 Å². The van der Waals surface area contributed by atoms with Gasteiger partial charge < -0.3 is 24.8 Å². The highest BCUT2D eigenvalue weighted by Gasteiger charge is 2.38. The van der Waals surface area contributed by atoms with E-state index in [1.165, 1.54) is 26.0 Å². The van der Waals surface area contributed by atoms with E-state index in [1.54, 1.807) is 0 Å². The molecule has 2 N–H and O–H groups in total. The zero-order chi connectivity index (χ0) is 17.6. The fourth-order valence-corrected chi connectivity index (χ4v) is 2.43.